The van der Waals surface area contributed by atoms with Crippen molar-refractivity contribution in [2.24, 2.45) is 0 Å². The number of anilines is 1. The summed E-state index contributed by atoms with van der Waals surface area (Å²) in [6, 6.07) is 5.00. The summed E-state index contributed by atoms with van der Waals surface area (Å²) in [4.78, 5) is 20.0. The fraction of sp³-hybridized carbons (Fsp3) is 0.150. The van der Waals surface area contributed by atoms with Crippen molar-refractivity contribution in [3.63, 3.8) is 0 Å². The Balaban J connectivity index is 2.08. The summed E-state index contributed by atoms with van der Waals surface area (Å²) >= 11 is 5.85. The highest BCUT2D eigenvalue weighted by molar-refractivity contribution is 6.34. The summed E-state index contributed by atoms with van der Waals surface area (Å²) in [6.45, 7) is 0.693. The maximum atomic E-state index is 14.8. The lowest BCUT2D eigenvalue weighted by atomic mass is 10.1. The molecule has 0 bridgehead atoms. The van der Waals surface area contributed by atoms with E-state index in [0.29, 0.717) is 13.0 Å². The number of aromatic hydroxyl groups is 1. The maximum absolute atomic E-state index is 14.8. The van der Waals surface area contributed by atoms with Crippen LogP contribution in [0.15, 0.2) is 42.7 Å². The molecule has 168 valence electrons. The molecule has 0 aliphatic rings. The van der Waals surface area contributed by atoms with E-state index in [0.717, 1.165) is 24.5 Å². The molecule has 0 radical (unpaired) electrons. The minimum atomic E-state index is -4.80. The standard InChI is InChI=1S/C20H13ClF5N3O3/c1-9(20(24,25)26)32-16-6-10(15-7-28-17(30)8-27-15)14(23)5-11(16)19(31)29-18-12(21)3-2-4-13(18)22/h2-9H,1H3,(H,28,30)(H,29,31)/t9-/m0/s1. The monoisotopic (exact) mass is 473 g/mol. The van der Waals surface area contributed by atoms with Gasteiger partial charge in [-0.05, 0) is 31.2 Å². The Morgan fingerprint density at radius 2 is 1.88 bits per heavy atom. The van der Waals surface area contributed by atoms with Gasteiger partial charge in [-0.25, -0.2) is 18.7 Å². The fourth-order valence-electron chi connectivity index (χ4n) is 2.54. The van der Waals surface area contributed by atoms with Crippen LogP contribution in [0.3, 0.4) is 0 Å². The van der Waals surface area contributed by atoms with Crippen LogP contribution >= 0.6 is 11.6 Å². The van der Waals surface area contributed by atoms with E-state index < -0.39 is 52.7 Å². The smallest absolute Gasteiger partial charge is 0.425 e. The molecule has 0 saturated heterocycles. The van der Waals surface area contributed by atoms with Gasteiger partial charge in [-0.3, -0.25) is 4.79 Å². The highest BCUT2D eigenvalue weighted by Crippen LogP contribution is 2.34. The van der Waals surface area contributed by atoms with Crippen molar-refractivity contribution < 1.29 is 36.6 Å². The molecule has 2 aromatic carbocycles. The van der Waals surface area contributed by atoms with Crippen LogP contribution in [-0.2, 0) is 0 Å². The Morgan fingerprint density at radius 1 is 1.16 bits per heavy atom. The lowest BCUT2D eigenvalue weighted by Gasteiger charge is -2.20. The molecule has 0 aliphatic heterocycles. The third-order valence-corrected chi connectivity index (χ3v) is 4.51. The third-order valence-electron chi connectivity index (χ3n) is 4.19. The minimum absolute atomic E-state index is 0.145. The number of carbonyl (C=O) groups excluding carboxylic acids is 1. The van der Waals surface area contributed by atoms with Gasteiger partial charge in [-0.15, -0.1) is 0 Å². The van der Waals surface area contributed by atoms with Crippen molar-refractivity contribution in [3.05, 3.63) is 64.9 Å². The molecule has 0 spiro atoms. The Hall–Kier alpha value is -3.47. The molecule has 6 nitrogen and oxygen atoms in total. The van der Waals surface area contributed by atoms with Crippen LogP contribution in [-0.4, -0.2) is 33.3 Å². The van der Waals surface area contributed by atoms with Gasteiger partial charge in [0.25, 0.3) is 5.91 Å². The SMILES string of the molecule is C[C@H](Oc1cc(-c2cnc(O)cn2)c(F)cc1C(=O)Nc1c(F)cccc1Cl)C(F)(F)F. The summed E-state index contributed by atoms with van der Waals surface area (Å²) in [7, 11) is 0. The average Bonchev–Trinajstić information content (AvgIpc) is 2.71. The van der Waals surface area contributed by atoms with Crippen LogP contribution in [0.1, 0.15) is 17.3 Å². The molecule has 0 saturated carbocycles. The van der Waals surface area contributed by atoms with Crippen molar-refractivity contribution >= 4 is 23.2 Å². The van der Waals surface area contributed by atoms with Gasteiger partial charge in [0.2, 0.25) is 5.88 Å². The number of carbonyl (C=O) groups is 1. The van der Waals surface area contributed by atoms with Gasteiger partial charge in [0, 0.05) is 5.56 Å². The second kappa shape index (κ2) is 8.95. The summed E-state index contributed by atoms with van der Waals surface area (Å²) in [5, 5.41) is 11.2. The number of alkyl halides is 3. The molecule has 0 unspecified atom stereocenters. The molecule has 3 aromatic rings. The van der Waals surface area contributed by atoms with Crippen LogP contribution in [0.4, 0.5) is 27.6 Å². The fourth-order valence-corrected chi connectivity index (χ4v) is 2.75. The topological polar surface area (TPSA) is 84.3 Å². The molecule has 1 aromatic heterocycles. The maximum Gasteiger partial charge on any atom is 0.425 e. The van der Waals surface area contributed by atoms with E-state index in [1.807, 2.05) is 0 Å². The molecule has 0 fully saturated rings. The lowest BCUT2D eigenvalue weighted by Crippen LogP contribution is -2.32. The van der Waals surface area contributed by atoms with Crippen molar-refractivity contribution in [1.82, 2.24) is 9.97 Å². The molecule has 32 heavy (non-hydrogen) atoms. The number of hydrogen-bond donors (Lipinski definition) is 2. The number of benzene rings is 2. The predicted molar refractivity (Wildman–Crippen MR) is 105 cm³/mol. The van der Waals surface area contributed by atoms with Gasteiger partial charge < -0.3 is 15.2 Å². The van der Waals surface area contributed by atoms with E-state index in [1.54, 1.807) is 0 Å². The number of nitrogens with one attached hydrogen (secondary N) is 1. The number of amides is 1. The number of halogens is 6. The number of hydrogen-bond acceptors (Lipinski definition) is 5. The van der Waals surface area contributed by atoms with Crippen LogP contribution in [0, 0.1) is 11.6 Å². The molecule has 0 aliphatic carbocycles. The first kappa shape index (κ1) is 23.2. The van der Waals surface area contributed by atoms with Crippen molar-refractivity contribution in [2.75, 3.05) is 5.32 Å². The zero-order valence-electron chi connectivity index (χ0n) is 16.0. The Labute approximate surface area is 182 Å². The summed E-state index contributed by atoms with van der Waals surface area (Å²) in [5.74, 6) is -4.24. The first-order valence-electron chi connectivity index (χ1n) is 8.81. The van der Waals surface area contributed by atoms with Gasteiger partial charge in [-0.2, -0.15) is 13.2 Å². The van der Waals surface area contributed by atoms with Gasteiger partial charge in [0.15, 0.2) is 6.10 Å². The van der Waals surface area contributed by atoms with E-state index in [-0.39, 0.29) is 16.3 Å². The van der Waals surface area contributed by atoms with Gasteiger partial charge in [0.1, 0.15) is 17.4 Å². The highest BCUT2D eigenvalue weighted by Gasteiger charge is 2.39. The Bertz CT molecular complexity index is 1140. The first-order valence-corrected chi connectivity index (χ1v) is 9.19. The number of para-hydroxylation sites is 1. The molecule has 1 atom stereocenters. The van der Waals surface area contributed by atoms with Crippen molar-refractivity contribution in [2.45, 2.75) is 19.2 Å². The van der Waals surface area contributed by atoms with E-state index in [2.05, 4.69) is 15.3 Å². The summed E-state index contributed by atoms with van der Waals surface area (Å²) < 4.78 is 72.8. The molecular formula is C20H13ClF5N3O3. The first-order chi connectivity index (χ1) is 15.0. The average molecular weight is 474 g/mol. The van der Waals surface area contributed by atoms with E-state index in [9.17, 15) is 31.9 Å². The summed E-state index contributed by atoms with van der Waals surface area (Å²) in [5.41, 5.74) is -1.58. The van der Waals surface area contributed by atoms with Crippen LogP contribution in [0.5, 0.6) is 11.6 Å². The minimum Gasteiger partial charge on any atom is -0.492 e. The van der Waals surface area contributed by atoms with E-state index in [1.165, 1.54) is 12.1 Å². The second-order valence-electron chi connectivity index (χ2n) is 6.44. The van der Waals surface area contributed by atoms with Gasteiger partial charge in [-0.1, -0.05) is 17.7 Å². The van der Waals surface area contributed by atoms with Crippen LogP contribution in [0.2, 0.25) is 5.02 Å². The normalized spacial score (nSPS) is 12.3. The molecule has 1 amide bonds. The lowest BCUT2D eigenvalue weighted by molar-refractivity contribution is -0.189. The van der Waals surface area contributed by atoms with Crippen LogP contribution < -0.4 is 10.1 Å². The Kier molecular flexibility index (Phi) is 6.49. The molecule has 2 N–H and O–H groups in total. The highest BCUT2D eigenvalue weighted by atomic mass is 35.5. The number of aromatic nitrogens is 2. The third kappa shape index (κ3) is 5.05. The van der Waals surface area contributed by atoms with E-state index >= 15 is 0 Å². The number of ether oxygens (including phenoxy) is 1. The zero-order chi connectivity index (χ0) is 23.6. The van der Waals surface area contributed by atoms with Crippen molar-refractivity contribution in [3.8, 4) is 22.9 Å². The number of rotatable bonds is 5. The Morgan fingerprint density at radius 3 is 2.47 bits per heavy atom. The van der Waals surface area contributed by atoms with Gasteiger partial charge >= 0.3 is 6.18 Å². The largest absolute Gasteiger partial charge is 0.492 e. The molecule has 1 heterocycles. The van der Waals surface area contributed by atoms with Crippen LogP contribution in [0.25, 0.3) is 11.3 Å². The second-order valence-corrected chi connectivity index (χ2v) is 6.85. The predicted octanol–water partition coefficient (Wildman–Crippen LogP) is 5.36. The summed E-state index contributed by atoms with van der Waals surface area (Å²) in [6.07, 6.45) is -5.29. The van der Waals surface area contributed by atoms with Crippen molar-refractivity contribution in [1.29, 1.82) is 0 Å². The van der Waals surface area contributed by atoms with E-state index in [4.69, 9.17) is 16.3 Å². The molecular weight excluding hydrogens is 461 g/mol. The number of nitrogens with zero attached hydrogens (tertiary/aromatic N) is 2. The molecule has 12 heteroatoms. The van der Waals surface area contributed by atoms with Gasteiger partial charge in [0.05, 0.1) is 34.4 Å². The quantitative estimate of drug-likeness (QED) is 0.487. The zero-order valence-corrected chi connectivity index (χ0v) is 16.8. The molecule has 3 rings (SSSR count).